The summed E-state index contributed by atoms with van der Waals surface area (Å²) in [5.41, 5.74) is 19.2. The van der Waals surface area contributed by atoms with Gasteiger partial charge in [-0.1, -0.05) is 56.3 Å². The van der Waals surface area contributed by atoms with E-state index >= 15 is 0 Å². The van der Waals surface area contributed by atoms with Gasteiger partial charge in [0, 0.05) is 32.7 Å². The standard InChI is InChI=1S/C30H46N6O4/c1-22(2)14-19-40-25-11-8-24(9-12-25)21-34-30(39)27(13-10-23-6-4-3-5-7-23)35-29(38)26(33)20-28(37)36(17-15-31)18-16-32/h3-9,11-12,22,26-27H,10,13-21,31-33H2,1-2H3,(H,34,39)(H,35,38). The van der Waals surface area contributed by atoms with Crippen LogP contribution >= 0.6 is 0 Å². The number of ether oxygens (including phenoxy) is 1. The van der Waals surface area contributed by atoms with Crippen LogP contribution < -0.4 is 32.6 Å². The normalized spacial score (nSPS) is 12.4. The van der Waals surface area contributed by atoms with Crippen LogP contribution in [0.1, 0.15) is 44.2 Å². The van der Waals surface area contributed by atoms with E-state index in [-0.39, 0.29) is 31.3 Å². The first-order valence-electron chi connectivity index (χ1n) is 14.0. The fraction of sp³-hybridized carbons (Fsp3) is 0.500. The van der Waals surface area contributed by atoms with Crippen LogP contribution in [0.4, 0.5) is 0 Å². The smallest absolute Gasteiger partial charge is 0.242 e. The topological polar surface area (TPSA) is 166 Å². The summed E-state index contributed by atoms with van der Waals surface area (Å²) in [6.45, 7) is 6.47. The molecule has 2 aromatic rings. The summed E-state index contributed by atoms with van der Waals surface area (Å²) in [6.07, 6.45) is 1.73. The molecule has 0 saturated heterocycles. The number of nitrogens with one attached hydrogen (secondary N) is 2. The van der Waals surface area contributed by atoms with Crippen molar-refractivity contribution < 1.29 is 19.1 Å². The lowest BCUT2D eigenvalue weighted by molar-refractivity contribution is -0.135. The van der Waals surface area contributed by atoms with Crippen molar-refractivity contribution >= 4 is 17.7 Å². The van der Waals surface area contributed by atoms with E-state index in [1.165, 1.54) is 4.90 Å². The lowest BCUT2D eigenvalue weighted by atomic mass is 10.0. The molecule has 10 heteroatoms. The molecule has 2 aromatic carbocycles. The third kappa shape index (κ3) is 12.1. The van der Waals surface area contributed by atoms with Crippen LogP contribution in [0.5, 0.6) is 5.75 Å². The average Bonchev–Trinajstić information content (AvgIpc) is 2.94. The number of aryl methyl sites for hydroxylation is 1. The summed E-state index contributed by atoms with van der Waals surface area (Å²) >= 11 is 0. The first-order chi connectivity index (χ1) is 19.2. The molecule has 0 heterocycles. The Balaban J connectivity index is 1.99. The number of amides is 3. The zero-order chi connectivity index (χ0) is 29.3. The Hall–Kier alpha value is -3.47. The molecule has 0 bridgehead atoms. The van der Waals surface area contributed by atoms with E-state index < -0.39 is 18.0 Å². The van der Waals surface area contributed by atoms with Crippen molar-refractivity contribution in [3.63, 3.8) is 0 Å². The van der Waals surface area contributed by atoms with E-state index in [2.05, 4.69) is 24.5 Å². The van der Waals surface area contributed by atoms with Crippen LogP contribution in [0.3, 0.4) is 0 Å². The third-order valence-electron chi connectivity index (χ3n) is 6.43. The van der Waals surface area contributed by atoms with Crippen LogP contribution in [0.25, 0.3) is 0 Å². The zero-order valence-electron chi connectivity index (χ0n) is 23.8. The van der Waals surface area contributed by atoms with Crippen molar-refractivity contribution in [3.05, 3.63) is 65.7 Å². The van der Waals surface area contributed by atoms with Crippen molar-refractivity contribution in [2.75, 3.05) is 32.8 Å². The Bertz CT molecular complexity index is 1030. The molecule has 0 fully saturated rings. The fourth-order valence-corrected chi connectivity index (χ4v) is 4.01. The maximum absolute atomic E-state index is 13.2. The number of hydrogen-bond donors (Lipinski definition) is 5. The number of hydrogen-bond acceptors (Lipinski definition) is 7. The zero-order valence-corrected chi connectivity index (χ0v) is 23.8. The molecule has 0 aliphatic carbocycles. The highest BCUT2D eigenvalue weighted by molar-refractivity contribution is 5.92. The second-order valence-electron chi connectivity index (χ2n) is 10.2. The number of rotatable bonds is 18. The predicted molar refractivity (Wildman–Crippen MR) is 157 cm³/mol. The van der Waals surface area contributed by atoms with Crippen LogP contribution in [0, 0.1) is 5.92 Å². The fourth-order valence-electron chi connectivity index (χ4n) is 4.01. The molecule has 2 atom stereocenters. The Morgan fingerprint density at radius 2 is 1.52 bits per heavy atom. The number of carbonyl (C=O) groups excluding carboxylic acids is 3. The van der Waals surface area contributed by atoms with E-state index in [1.54, 1.807) is 0 Å². The van der Waals surface area contributed by atoms with Gasteiger partial charge in [-0.25, -0.2) is 0 Å². The Morgan fingerprint density at radius 1 is 0.875 bits per heavy atom. The van der Waals surface area contributed by atoms with E-state index in [9.17, 15) is 14.4 Å². The van der Waals surface area contributed by atoms with Gasteiger partial charge in [0.2, 0.25) is 17.7 Å². The Labute approximate surface area is 238 Å². The van der Waals surface area contributed by atoms with Gasteiger partial charge in [-0.3, -0.25) is 14.4 Å². The van der Waals surface area contributed by atoms with Crippen molar-refractivity contribution in [1.82, 2.24) is 15.5 Å². The molecule has 40 heavy (non-hydrogen) atoms. The monoisotopic (exact) mass is 554 g/mol. The minimum atomic E-state index is -1.11. The summed E-state index contributed by atoms with van der Waals surface area (Å²) in [5.74, 6) is 0.156. The molecule has 0 spiro atoms. The molecule has 0 saturated carbocycles. The first kappa shape index (κ1) is 32.7. The Kier molecular flexibility index (Phi) is 14.7. The summed E-state index contributed by atoms with van der Waals surface area (Å²) in [6, 6.07) is 15.3. The van der Waals surface area contributed by atoms with Gasteiger partial charge in [0.05, 0.1) is 19.1 Å². The molecule has 0 radical (unpaired) electrons. The molecular formula is C30H46N6O4. The molecule has 220 valence electrons. The highest BCUT2D eigenvalue weighted by Crippen LogP contribution is 2.14. The first-order valence-corrected chi connectivity index (χ1v) is 14.0. The highest BCUT2D eigenvalue weighted by Gasteiger charge is 2.26. The lowest BCUT2D eigenvalue weighted by Gasteiger charge is -2.24. The van der Waals surface area contributed by atoms with E-state index in [4.69, 9.17) is 21.9 Å². The summed E-state index contributed by atoms with van der Waals surface area (Å²) < 4.78 is 5.76. The molecule has 3 amide bonds. The number of carbonyl (C=O) groups is 3. The maximum atomic E-state index is 13.2. The molecule has 10 nitrogen and oxygen atoms in total. The SMILES string of the molecule is CC(C)CCOc1ccc(CNC(=O)C(CCc2ccccc2)NC(=O)C(N)CC(=O)N(CCN)CCN)cc1. The van der Waals surface area contributed by atoms with Crippen LogP contribution in [0.15, 0.2) is 54.6 Å². The predicted octanol–water partition coefficient (Wildman–Crippen LogP) is 1.31. The van der Waals surface area contributed by atoms with Crippen molar-refractivity contribution in [3.8, 4) is 5.75 Å². The van der Waals surface area contributed by atoms with Gasteiger partial charge < -0.3 is 37.5 Å². The van der Waals surface area contributed by atoms with Crippen LogP contribution in [0.2, 0.25) is 0 Å². The van der Waals surface area contributed by atoms with Gasteiger partial charge in [-0.2, -0.15) is 0 Å². The summed E-state index contributed by atoms with van der Waals surface area (Å²) in [4.78, 5) is 40.2. The van der Waals surface area contributed by atoms with E-state index in [0.717, 1.165) is 23.3 Å². The summed E-state index contributed by atoms with van der Waals surface area (Å²) in [5, 5.41) is 5.67. The molecule has 2 unspecified atom stereocenters. The largest absolute Gasteiger partial charge is 0.494 e. The van der Waals surface area contributed by atoms with Gasteiger partial charge in [0.25, 0.3) is 0 Å². The lowest BCUT2D eigenvalue weighted by Crippen LogP contribution is -2.53. The molecular weight excluding hydrogens is 508 g/mol. The minimum absolute atomic E-state index is 0.204. The molecule has 0 aromatic heterocycles. The molecule has 8 N–H and O–H groups in total. The van der Waals surface area contributed by atoms with Gasteiger partial charge in [0.15, 0.2) is 0 Å². The quantitative estimate of drug-likeness (QED) is 0.185. The van der Waals surface area contributed by atoms with Gasteiger partial charge in [-0.15, -0.1) is 0 Å². The van der Waals surface area contributed by atoms with Gasteiger partial charge >= 0.3 is 0 Å². The average molecular weight is 555 g/mol. The number of benzene rings is 2. The second kappa shape index (κ2) is 18.0. The van der Waals surface area contributed by atoms with Gasteiger partial charge in [0.1, 0.15) is 11.8 Å². The van der Waals surface area contributed by atoms with E-state index in [1.807, 2.05) is 54.6 Å². The van der Waals surface area contributed by atoms with E-state index in [0.29, 0.717) is 45.0 Å². The molecule has 0 aliphatic rings. The van der Waals surface area contributed by atoms with Crippen molar-refractivity contribution in [2.45, 2.75) is 58.2 Å². The Morgan fingerprint density at radius 3 is 2.12 bits per heavy atom. The minimum Gasteiger partial charge on any atom is -0.494 e. The summed E-state index contributed by atoms with van der Waals surface area (Å²) in [7, 11) is 0. The molecule has 0 aliphatic heterocycles. The third-order valence-corrected chi connectivity index (χ3v) is 6.43. The maximum Gasteiger partial charge on any atom is 0.242 e. The highest BCUT2D eigenvalue weighted by atomic mass is 16.5. The van der Waals surface area contributed by atoms with Crippen LogP contribution in [-0.2, 0) is 27.3 Å². The van der Waals surface area contributed by atoms with Crippen LogP contribution in [-0.4, -0.2) is 67.5 Å². The molecule has 2 rings (SSSR count). The van der Waals surface area contributed by atoms with Crippen molar-refractivity contribution in [2.24, 2.45) is 23.1 Å². The second-order valence-corrected chi connectivity index (χ2v) is 10.2. The number of nitrogens with two attached hydrogens (primary N) is 3. The number of nitrogens with zero attached hydrogens (tertiary/aromatic N) is 1. The van der Waals surface area contributed by atoms with Gasteiger partial charge in [-0.05, 0) is 48.4 Å². The van der Waals surface area contributed by atoms with Crippen molar-refractivity contribution in [1.29, 1.82) is 0 Å².